The minimum atomic E-state index is -1.36. The number of carbonyl (C=O) groups is 4. The first-order valence-electron chi connectivity index (χ1n) is 9.82. The summed E-state index contributed by atoms with van der Waals surface area (Å²) in [6.45, 7) is 1.26. The molecule has 0 spiro atoms. The number of pyridine rings is 1. The van der Waals surface area contributed by atoms with Crippen molar-refractivity contribution >= 4 is 46.5 Å². The van der Waals surface area contributed by atoms with Crippen molar-refractivity contribution in [1.82, 2.24) is 4.98 Å². The van der Waals surface area contributed by atoms with Crippen LogP contribution in [0.15, 0.2) is 54.7 Å². The molecule has 1 amide bonds. The smallest absolute Gasteiger partial charge is 0.345 e. The number of nitrogens with one attached hydrogen (secondary N) is 1. The highest BCUT2D eigenvalue weighted by atomic mass is 35.5. The zero-order valence-electron chi connectivity index (χ0n) is 17.4. The second kappa shape index (κ2) is 8.83. The number of nitrogens with zero attached hydrogens (tertiary/aromatic N) is 2. The molecule has 1 aliphatic carbocycles. The van der Waals surface area contributed by atoms with Crippen LogP contribution in [-0.2, 0) is 9.53 Å². The predicted molar refractivity (Wildman–Crippen MR) is 119 cm³/mol. The number of carbonyl (C=O) groups excluding carboxylic acids is 4. The van der Waals surface area contributed by atoms with Gasteiger partial charge in [0.15, 0.2) is 11.9 Å². The Bertz CT molecular complexity index is 1390. The molecule has 1 atom stereocenters. The molecule has 34 heavy (non-hydrogen) atoms. The van der Waals surface area contributed by atoms with Crippen LogP contribution < -0.4 is 5.32 Å². The van der Waals surface area contributed by atoms with Crippen LogP contribution in [0.5, 0.6) is 0 Å². The van der Waals surface area contributed by atoms with Gasteiger partial charge in [0.2, 0.25) is 5.78 Å². The number of ether oxygens (including phenoxy) is 1. The van der Waals surface area contributed by atoms with Gasteiger partial charge in [-0.25, -0.2) is 9.78 Å². The van der Waals surface area contributed by atoms with Crippen molar-refractivity contribution < 1.29 is 28.8 Å². The average Bonchev–Trinajstić information content (AvgIpc) is 2.82. The largest absolute Gasteiger partial charge is 0.449 e. The van der Waals surface area contributed by atoms with Gasteiger partial charge in [0, 0.05) is 22.9 Å². The van der Waals surface area contributed by atoms with Gasteiger partial charge in [0.25, 0.3) is 11.6 Å². The summed E-state index contributed by atoms with van der Waals surface area (Å²) in [4.78, 5) is 65.8. The molecule has 170 valence electrons. The van der Waals surface area contributed by atoms with E-state index in [1.54, 1.807) is 6.07 Å². The Morgan fingerprint density at radius 2 is 1.71 bits per heavy atom. The van der Waals surface area contributed by atoms with E-state index in [-0.39, 0.29) is 22.5 Å². The summed E-state index contributed by atoms with van der Waals surface area (Å²) in [6, 6.07) is 11.0. The number of hydrogen-bond acceptors (Lipinski definition) is 8. The minimum absolute atomic E-state index is 0.00294. The number of fused-ring (bicyclic) bond motifs is 2. The molecular weight excluding hydrogens is 466 g/mol. The van der Waals surface area contributed by atoms with Crippen molar-refractivity contribution in [1.29, 1.82) is 0 Å². The third-order valence-corrected chi connectivity index (χ3v) is 5.32. The van der Waals surface area contributed by atoms with E-state index in [2.05, 4.69) is 10.3 Å². The molecule has 1 aliphatic rings. The molecule has 0 fully saturated rings. The zero-order chi connectivity index (χ0) is 24.6. The molecule has 1 unspecified atom stereocenters. The SMILES string of the molecule is CC(OC(=O)c1ccc2c(c1[N+](=O)[O-])C(=O)c1ccccc1C2=O)C(=O)Nc1ccc(Cl)cn1. The zero-order valence-corrected chi connectivity index (χ0v) is 18.2. The van der Waals surface area contributed by atoms with Crippen LogP contribution in [0.4, 0.5) is 11.5 Å². The lowest BCUT2D eigenvalue weighted by Gasteiger charge is -2.19. The van der Waals surface area contributed by atoms with Crippen molar-refractivity contribution in [2.45, 2.75) is 13.0 Å². The molecule has 0 saturated carbocycles. The molecule has 0 saturated heterocycles. The van der Waals surface area contributed by atoms with E-state index in [0.717, 1.165) is 12.1 Å². The molecule has 11 heteroatoms. The number of anilines is 1. The van der Waals surface area contributed by atoms with Crippen LogP contribution in [-0.4, -0.2) is 39.5 Å². The van der Waals surface area contributed by atoms with Crippen molar-refractivity contribution in [3.05, 3.63) is 97.7 Å². The van der Waals surface area contributed by atoms with E-state index in [1.807, 2.05) is 0 Å². The lowest BCUT2D eigenvalue weighted by atomic mass is 9.82. The highest BCUT2D eigenvalue weighted by Crippen LogP contribution is 2.35. The summed E-state index contributed by atoms with van der Waals surface area (Å²) < 4.78 is 5.10. The number of ketones is 2. The number of amides is 1. The van der Waals surface area contributed by atoms with E-state index >= 15 is 0 Å². The van der Waals surface area contributed by atoms with Gasteiger partial charge in [0.05, 0.1) is 9.95 Å². The molecule has 0 bridgehead atoms. The highest BCUT2D eigenvalue weighted by molar-refractivity contribution is 6.31. The number of nitro benzene ring substituents is 1. The maximum Gasteiger partial charge on any atom is 0.345 e. The Hall–Kier alpha value is -4.44. The van der Waals surface area contributed by atoms with Crippen LogP contribution in [0, 0.1) is 10.1 Å². The fraction of sp³-hybridized carbons (Fsp3) is 0.0870. The number of hydrogen-bond donors (Lipinski definition) is 1. The van der Waals surface area contributed by atoms with Crippen molar-refractivity contribution in [2.24, 2.45) is 0 Å². The lowest BCUT2D eigenvalue weighted by molar-refractivity contribution is -0.385. The van der Waals surface area contributed by atoms with E-state index in [9.17, 15) is 29.3 Å². The molecule has 1 aromatic heterocycles. The molecule has 10 nitrogen and oxygen atoms in total. The fourth-order valence-corrected chi connectivity index (χ4v) is 3.59. The molecule has 3 aromatic rings. The Kier molecular flexibility index (Phi) is 5.91. The predicted octanol–water partition coefficient (Wildman–Crippen LogP) is 3.60. The third-order valence-electron chi connectivity index (χ3n) is 5.10. The summed E-state index contributed by atoms with van der Waals surface area (Å²) in [5, 5.41) is 14.7. The Morgan fingerprint density at radius 3 is 2.32 bits per heavy atom. The molecule has 2 aromatic carbocycles. The first-order valence-corrected chi connectivity index (χ1v) is 10.2. The Balaban J connectivity index is 1.64. The molecular formula is C23H14ClN3O7. The molecule has 0 radical (unpaired) electrons. The van der Waals surface area contributed by atoms with E-state index in [1.165, 1.54) is 43.5 Å². The second-order valence-electron chi connectivity index (χ2n) is 7.24. The first-order chi connectivity index (χ1) is 16.2. The maximum atomic E-state index is 13.0. The van der Waals surface area contributed by atoms with Gasteiger partial charge in [-0.3, -0.25) is 24.5 Å². The number of esters is 1. The highest BCUT2D eigenvalue weighted by Gasteiger charge is 2.39. The van der Waals surface area contributed by atoms with Gasteiger partial charge in [-0.05, 0) is 31.2 Å². The molecule has 1 N–H and O–H groups in total. The second-order valence-corrected chi connectivity index (χ2v) is 7.68. The summed E-state index contributed by atoms with van der Waals surface area (Å²) in [5.74, 6) is -3.13. The number of nitro groups is 1. The van der Waals surface area contributed by atoms with Gasteiger partial charge in [0.1, 0.15) is 16.9 Å². The summed E-state index contributed by atoms with van der Waals surface area (Å²) >= 11 is 5.74. The van der Waals surface area contributed by atoms with Crippen molar-refractivity contribution in [2.75, 3.05) is 5.32 Å². The van der Waals surface area contributed by atoms with Crippen molar-refractivity contribution in [3.8, 4) is 0 Å². The monoisotopic (exact) mass is 479 g/mol. The number of halogens is 1. The lowest BCUT2D eigenvalue weighted by Crippen LogP contribution is -2.31. The van der Waals surface area contributed by atoms with Crippen LogP contribution in [0.2, 0.25) is 5.02 Å². The van der Waals surface area contributed by atoms with Crippen molar-refractivity contribution in [3.63, 3.8) is 0 Å². The number of aromatic nitrogens is 1. The summed E-state index contributed by atoms with van der Waals surface area (Å²) in [7, 11) is 0. The minimum Gasteiger partial charge on any atom is -0.449 e. The van der Waals surface area contributed by atoms with Gasteiger partial charge in [-0.15, -0.1) is 0 Å². The van der Waals surface area contributed by atoms with Crippen LogP contribution in [0.1, 0.15) is 49.1 Å². The fourth-order valence-electron chi connectivity index (χ4n) is 3.48. The molecule has 1 heterocycles. The Labute approximate surface area is 196 Å². The third kappa shape index (κ3) is 4.02. The van der Waals surface area contributed by atoms with Gasteiger partial charge >= 0.3 is 5.97 Å². The van der Waals surface area contributed by atoms with Gasteiger partial charge in [-0.2, -0.15) is 0 Å². The van der Waals surface area contributed by atoms with E-state index in [4.69, 9.17) is 16.3 Å². The topological polar surface area (TPSA) is 146 Å². The van der Waals surface area contributed by atoms with Crippen LogP contribution >= 0.6 is 11.6 Å². The molecule has 4 rings (SSSR count). The first kappa shape index (κ1) is 22.7. The van der Waals surface area contributed by atoms with E-state index in [0.29, 0.717) is 5.02 Å². The Morgan fingerprint density at radius 1 is 1.03 bits per heavy atom. The molecule has 0 aliphatic heterocycles. The summed E-state index contributed by atoms with van der Waals surface area (Å²) in [6.07, 6.45) is -0.0560. The quantitative estimate of drug-likeness (QED) is 0.259. The summed E-state index contributed by atoms with van der Waals surface area (Å²) in [5.41, 5.74) is -1.99. The number of benzene rings is 2. The standard InChI is InChI=1S/C23H14ClN3O7/c1-11(22(30)26-17-9-6-12(24)10-25-17)34-23(31)16-8-7-15-18(19(16)27(32)33)21(29)14-5-3-2-4-13(14)20(15)28/h2-11H,1H3,(H,25,26,30). The van der Waals surface area contributed by atoms with Crippen LogP contribution in [0.3, 0.4) is 0 Å². The van der Waals surface area contributed by atoms with Gasteiger partial charge in [-0.1, -0.05) is 35.9 Å². The van der Waals surface area contributed by atoms with Gasteiger partial charge < -0.3 is 10.1 Å². The van der Waals surface area contributed by atoms with Crippen LogP contribution in [0.25, 0.3) is 0 Å². The average molecular weight is 480 g/mol. The van der Waals surface area contributed by atoms with E-state index < -0.39 is 51.3 Å². The number of rotatable bonds is 5. The normalized spacial score (nSPS) is 12.9. The maximum absolute atomic E-state index is 13.0.